The van der Waals surface area contributed by atoms with Gasteiger partial charge in [-0.1, -0.05) is 6.07 Å². The van der Waals surface area contributed by atoms with E-state index in [-0.39, 0.29) is 18.1 Å². The molecule has 1 amide bonds. The molecule has 0 bridgehead atoms. The molecule has 0 radical (unpaired) electrons. The van der Waals surface area contributed by atoms with Crippen molar-refractivity contribution >= 4 is 11.6 Å². The van der Waals surface area contributed by atoms with Gasteiger partial charge in [-0.3, -0.25) is 9.78 Å². The van der Waals surface area contributed by atoms with Crippen molar-refractivity contribution in [2.45, 2.75) is 20.4 Å². The highest BCUT2D eigenvalue weighted by molar-refractivity contribution is 6.05. The fourth-order valence-electron chi connectivity index (χ4n) is 1.90. The second-order valence-corrected chi connectivity index (χ2v) is 4.56. The maximum atomic E-state index is 13.8. The SMILES string of the molecule is Cc1ccc(C(=O)Nc2ccc(CN)cc2F)c(C)n1. The number of nitrogens with zero attached hydrogens (tertiary/aromatic N) is 1. The number of amides is 1. The Labute approximate surface area is 116 Å². The summed E-state index contributed by atoms with van der Waals surface area (Å²) in [5, 5.41) is 2.54. The Balaban J connectivity index is 2.23. The lowest BCUT2D eigenvalue weighted by Crippen LogP contribution is -2.15. The third kappa shape index (κ3) is 3.00. The number of aromatic nitrogens is 1. The molecular weight excluding hydrogens is 257 g/mol. The van der Waals surface area contributed by atoms with E-state index in [9.17, 15) is 9.18 Å². The van der Waals surface area contributed by atoms with Gasteiger partial charge in [0, 0.05) is 12.2 Å². The van der Waals surface area contributed by atoms with Crippen LogP contribution in [0.15, 0.2) is 30.3 Å². The van der Waals surface area contributed by atoms with Crippen molar-refractivity contribution in [1.82, 2.24) is 4.98 Å². The fourth-order valence-corrected chi connectivity index (χ4v) is 1.90. The van der Waals surface area contributed by atoms with Gasteiger partial charge in [-0.25, -0.2) is 4.39 Å². The lowest BCUT2D eigenvalue weighted by Gasteiger charge is -2.09. The number of carbonyl (C=O) groups is 1. The summed E-state index contributed by atoms with van der Waals surface area (Å²) in [6, 6.07) is 7.93. The minimum atomic E-state index is -0.501. The van der Waals surface area contributed by atoms with Crippen molar-refractivity contribution in [3.05, 3.63) is 58.7 Å². The molecule has 1 aromatic heterocycles. The second-order valence-electron chi connectivity index (χ2n) is 4.56. The number of nitrogens with one attached hydrogen (secondary N) is 1. The predicted octanol–water partition coefficient (Wildman–Crippen LogP) is 2.55. The zero-order chi connectivity index (χ0) is 14.7. The van der Waals surface area contributed by atoms with Gasteiger partial charge >= 0.3 is 0 Å². The van der Waals surface area contributed by atoms with Gasteiger partial charge in [0.1, 0.15) is 5.82 Å². The number of nitrogens with two attached hydrogens (primary N) is 1. The summed E-state index contributed by atoms with van der Waals surface area (Å²) >= 11 is 0. The van der Waals surface area contributed by atoms with Crippen LogP contribution >= 0.6 is 0 Å². The summed E-state index contributed by atoms with van der Waals surface area (Å²) in [6.07, 6.45) is 0. The molecule has 0 fully saturated rings. The van der Waals surface area contributed by atoms with Crippen LogP contribution in [-0.4, -0.2) is 10.9 Å². The number of hydrogen-bond acceptors (Lipinski definition) is 3. The molecule has 104 valence electrons. The molecular formula is C15H16FN3O. The van der Waals surface area contributed by atoms with Crippen LogP contribution in [0.25, 0.3) is 0 Å². The molecule has 0 spiro atoms. The van der Waals surface area contributed by atoms with Crippen molar-refractivity contribution in [2.75, 3.05) is 5.32 Å². The van der Waals surface area contributed by atoms with E-state index in [1.807, 2.05) is 6.92 Å². The lowest BCUT2D eigenvalue weighted by molar-refractivity contribution is 0.102. The summed E-state index contributed by atoms with van der Waals surface area (Å²) in [4.78, 5) is 16.3. The lowest BCUT2D eigenvalue weighted by atomic mass is 10.1. The van der Waals surface area contributed by atoms with E-state index in [1.54, 1.807) is 25.1 Å². The average molecular weight is 273 g/mol. The van der Waals surface area contributed by atoms with Crippen LogP contribution in [0.2, 0.25) is 0 Å². The first-order valence-corrected chi connectivity index (χ1v) is 6.25. The van der Waals surface area contributed by atoms with Gasteiger partial charge in [-0.2, -0.15) is 0 Å². The highest BCUT2D eigenvalue weighted by Crippen LogP contribution is 2.17. The monoisotopic (exact) mass is 273 g/mol. The molecule has 1 aromatic carbocycles. The zero-order valence-corrected chi connectivity index (χ0v) is 11.4. The molecule has 3 N–H and O–H groups in total. The molecule has 0 unspecified atom stereocenters. The second kappa shape index (κ2) is 5.79. The molecule has 0 atom stereocenters. The fraction of sp³-hybridized carbons (Fsp3) is 0.200. The first-order valence-electron chi connectivity index (χ1n) is 6.25. The highest BCUT2D eigenvalue weighted by atomic mass is 19.1. The Kier molecular flexibility index (Phi) is 4.10. The van der Waals surface area contributed by atoms with Crippen molar-refractivity contribution in [3.8, 4) is 0 Å². The van der Waals surface area contributed by atoms with E-state index < -0.39 is 5.82 Å². The van der Waals surface area contributed by atoms with Gasteiger partial charge in [-0.15, -0.1) is 0 Å². The predicted molar refractivity (Wildman–Crippen MR) is 76.0 cm³/mol. The first kappa shape index (κ1) is 14.1. The number of anilines is 1. The quantitative estimate of drug-likeness (QED) is 0.903. The normalized spacial score (nSPS) is 10.4. The van der Waals surface area contributed by atoms with Gasteiger partial charge in [0.15, 0.2) is 0 Å². The number of aryl methyl sites for hydroxylation is 2. The number of rotatable bonds is 3. The number of benzene rings is 1. The van der Waals surface area contributed by atoms with Crippen molar-refractivity contribution in [1.29, 1.82) is 0 Å². The van der Waals surface area contributed by atoms with E-state index in [0.29, 0.717) is 16.8 Å². The van der Waals surface area contributed by atoms with Crippen LogP contribution in [0.5, 0.6) is 0 Å². The summed E-state index contributed by atoms with van der Waals surface area (Å²) in [5.41, 5.74) is 8.11. The Morgan fingerprint density at radius 3 is 2.65 bits per heavy atom. The molecule has 2 rings (SSSR count). The molecule has 1 heterocycles. The van der Waals surface area contributed by atoms with Crippen molar-refractivity contribution in [2.24, 2.45) is 5.73 Å². The van der Waals surface area contributed by atoms with E-state index in [2.05, 4.69) is 10.3 Å². The average Bonchev–Trinajstić information content (AvgIpc) is 2.40. The van der Waals surface area contributed by atoms with Crippen LogP contribution in [-0.2, 0) is 6.54 Å². The minimum absolute atomic E-state index is 0.132. The van der Waals surface area contributed by atoms with Gasteiger partial charge in [0.2, 0.25) is 0 Å². The van der Waals surface area contributed by atoms with Gasteiger partial charge in [0.05, 0.1) is 16.9 Å². The summed E-state index contributed by atoms with van der Waals surface area (Å²) < 4.78 is 13.8. The molecule has 0 aliphatic heterocycles. The molecule has 0 aliphatic carbocycles. The minimum Gasteiger partial charge on any atom is -0.326 e. The molecule has 0 aliphatic rings. The van der Waals surface area contributed by atoms with Crippen LogP contribution in [0, 0.1) is 19.7 Å². The molecule has 5 heteroatoms. The highest BCUT2D eigenvalue weighted by Gasteiger charge is 2.12. The van der Waals surface area contributed by atoms with E-state index in [1.165, 1.54) is 12.1 Å². The standard InChI is InChI=1S/C15H16FN3O/c1-9-3-5-12(10(2)18-9)15(20)19-14-6-4-11(8-17)7-13(14)16/h3-7H,8,17H2,1-2H3,(H,19,20). The molecule has 4 nitrogen and oxygen atoms in total. The van der Waals surface area contributed by atoms with Crippen LogP contribution in [0.1, 0.15) is 27.3 Å². The molecule has 0 saturated heterocycles. The van der Waals surface area contributed by atoms with Crippen LogP contribution in [0.3, 0.4) is 0 Å². The Hall–Kier alpha value is -2.27. The van der Waals surface area contributed by atoms with Gasteiger partial charge < -0.3 is 11.1 Å². The smallest absolute Gasteiger partial charge is 0.257 e. The summed E-state index contributed by atoms with van der Waals surface area (Å²) in [7, 11) is 0. The van der Waals surface area contributed by atoms with Gasteiger partial charge in [-0.05, 0) is 43.7 Å². The maximum absolute atomic E-state index is 13.8. The molecule has 20 heavy (non-hydrogen) atoms. The first-order chi connectivity index (χ1) is 9.51. The molecule has 0 saturated carbocycles. The number of hydrogen-bond donors (Lipinski definition) is 2. The summed E-state index contributed by atoms with van der Waals surface area (Å²) in [5.74, 6) is -0.881. The van der Waals surface area contributed by atoms with E-state index in [0.717, 1.165) is 5.69 Å². The topological polar surface area (TPSA) is 68.0 Å². The third-order valence-electron chi connectivity index (χ3n) is 2.99. The maximum Gasteiger partial charge on any atom is 0.257 e. The van der Waals surface area contributed by atoms with Gasteiger partial charge in [0.25, 0.3) is 5.91 Å². The Bertz CT molecular complexity index is 656. The van der Waals surface area contributed by atoms with Crippen molar-refractivity contribution in [3.63, 3.8) is 0 Å². The third-order valence-corrected chi connectivity index (χ3v) is 2.99. The van der Waals surface area contributed by atoms with E-state index >= 15 is 0 Å². The van der Waals surface area contributed by atoms with Crippen molar-refractivity contribution < 1.29 is 9.18 Å². The van der Waals surface area contributed by atoms with Crippen LogP contribution in [0.4, 0.5) is 10.1 Å². The zero-order valence-electron chi connectivity index (χ0n) is 11.4. The van der Waals surface area contributed by atoms with E-state index in [4.69, 9.17) is 5.73 Å². The number of carbonyl (C=O) groups excluding carboxylic acids is 1. The number of pyridine rings is 1. The van der Waals surface area contributed by atoms with Crippen LogP contribution < -0.4 is 11.1 Å². The Morgan fingerprint density at radius 2 is 2.05 bits per heavy atom. The largest absolute Gasteiger partial charge is 0.326 e. The Morgan fingerprint density at radius 1 is 1.30 bits per heavy atom. The number of halogens is 1. The summed E-state index contributed by atoms with van der Waals surface area (Å²) in [6.45, 7) is 3.85. The molecule has 2 aromatic rings.